The van der Waals surface area contributed by atoms with Gasteiger partial charge in [-0.05, 0) is 51.6 Å². The van der Waals surface area contributed by atoms with Gasteiger partial charge in [-0.1, -0.05) is 12.8 Å². The maximum Gasteiger partial charge on any atom is 0.0695 e. The molecule has 94 valence electrons. The van der Waals surface area contributed by atoms with Crippen LogP contribution in [0.2, 0.25) is 0 Å². The van der Waals surface area contributed by atoms with Crippen molar-refractivity contribution in [3.05, 3.63) is 0 Å². The van der Waals surface area contributed by atoms with Crippen molar-refractivity contribution in [3.8, 4) is 0 Å². The molecule has 0 aromatic rings. The van der Waals surface area contributed by atoms with Gasteiger partial charge < -0.3 is 10.8 Å². The van der Waals surface area contributed by atoms with Crippen LogP contribution < -0.4 is 5.73 Å². The molecule has 0 aromatic carbocycles. The van der Waals surface area contributed by atoms with E-state index in [1.807, 2.05) is 0 Å². The van der Waals surface area contributed by atoms with E-state index in [4.69, 9.17) is 5.73 Å². The number of hydrogen-bond donors (Lipinski definition) is 2. The van der Waals surface area contributed by atoms with Crippen LogP contribution in [0.15, 0.2) is 0 Å². The summed E-state index contributed by atoms with van der Waals surface area (Å²) in [7, 11) is 0. The van der Waals surface area contributed by atoms with Crippen LogP contribution in [0.25, 0.3) is 0 Å². The summed E-state index contributed by atoms with van der Waals surface area (Å²) in [6, 6.07) is 0.765. The van der Waals surface area contributed by atoms with E-state index in [0.717, 1.165) is 19.5 Å². The first-order valence-electron chi connectivity index (χ1n) is 6.86. The van der Waals surface area contributed by atoms with E-state index in [0.29, 0.717) is 18.0 Å². The highest BCUT2D eigenvalue weighted by atomic mass is 16.3. The maximum atomic E-state index is 10.0. The molecule has 2 rings (SSSR count). The quantitative estimate of drug-likeness (QED) is 0.747. The summed E-state index contributed by atoms with van der Waals surface area (Å²) in [5.74, 6) is 0.692. The second-order valence-electron chi connectivity index (χ2n) is 5.65. The smallest absolute Gasteiger partial charge is 0.0695 e. The largest absolute Gasteiger partial charge is 0.391 e. The topological polar surface area (TPSA) is 49.5 Å². The number of aliphatic hydroxyl groups is 1. The Morgan fingerprint density at radius 1 is 1.12 bits per heavy atom. The molecule has 3 N–H and O–H groups in total. The zero-order chi connectivity index (χ0) is 11.5. The number of aliphatic hydroxyl groups excluding tert-OH is 1. The van der Waals surface area contributed by atoms with Gasteiger partial charge in [0.1, 0.15) is 0 Å². The number of hydrogen-bond acceptors (Lipinski definition) is 3. The van der Waals surface area contributed by atoms with Crippen molar-refractivity contribution >= 4 is 0 Å². The van der Waals surface area contributed by atoms with Crippen LogP contribution in [0.1, 0.15) is 45.4 Å². The predicted octanol–water partition coefficient (Wildman–Crippen LogP) is 1.35. The Balaban J connectivity index is 1.83. The summed E-state index contributed by atoms with van der Waals surface area (Å²) in [5, 5.41) is 10.0. The molecule has 16 heavy (non-hydrogen) atoms. The maximum absolute atomic E-state index is 10.0. The molecular weight excluding hydrogens is 200 g/mol. The Labute approximate surface area is 99.0 Å². The summed E-state index contributed by atoms with van der Waals surface area (Å²) in [5.41, 5.74) is 5.95. The van der Waals surface area contributed by atoms with Crippen LogP contribution in [0.3, 0.4) is 0 Å². The van der Waals surface area contributed by atoms with Crippen molar-refractivity contribution < 1.29 is 5.11 Å². The minimum Gasteiger partial charge on any atom is -0.391 e. The summed E-state index contributed by atoms with van der Waals surface area (Å²) in [6.45, 7) is 4.39. The molecule has 1 aliphatic carbocycles. The fourth-order valence-corrected chi connectivity index (χ4v) is 3.29. The van der Waals surface area contributed by atoms with E-state index in [1.165, 1.54) is 32.1 Å². The summed E-state index contributed by atoms with van der Waals surface area (Å²) in [6.07, 6.45) is 7.01. The second-order valence-corrected chi connectivity index (χ2v) is 5.65. The molecule has 0 aromatic heterocycles. The van der Waals surface area contributed by atoms with Crippen molar-refractivity contribution in [1.82, 2.24) is 4.90 Å². The van der Waals surface area contributed by atoms with Gasteiger partial charge in [0.05, 0.1) is 6.10 Å². The first-order chi connectivity index (χ1) is 7.68. The van der Waals surface area contributed by atoms with E-state index in [2.05, 4.69) is 11.8 Å². The molecule has 3 atom stereocenters. The molecule has 1 saturated heterocycles. The van der Waals surface area contributed by atoms with Crippen LogP contribution in [0.4, 0.5) is 0 Å². The zero-order valence-electron chi connectivity index (χ0n) is 10.4. The molecule has 0 spiro atoms. The first kappa shape index (κ1) is 12.3. The molecular formula is C13H26N2O. The Kier molecular flexibility index (Phi) is 4.22. The molecule has 3 heteroatoms. The normalized spacial score (nSPS) is 36.2. The lowest BCUT2D eigenvalue weighted by molar-refractivity contribution is 0.00261. The van der Waals surface area contributed by atoms with E-state index in [1.54, 1.807) is 0 Å². The molecule has 0 bridgehead atoms. The number of nitrogens with zero attached hydrogens (tertiary/aromatic N) is 1. The van der Waals surface area contributed by atoms with Gasteiger partial charge >= 0.3 is 0 Å². The van der Waals surface area contributed by atoms with Gasteiger partial charge in [0.15, 0.2) is 0 Å². The third-order valence-corrected chi connectivity index (χ3v) is 4.48. The van der Waals surface area contributed by atoms with Crippen LogP contribution in [-0.4, -0.2) is 41.3 Å². The highest BCUT2D eigenvalue weighted by Gasteiger charge is 2.31. The zero-order valence-corrected chi connectivity index (χ0v) is 10.4. The number of likely N-dealkylation sites (tertiary alicyclic amines) is 1. The van der Waals surface area contributed by atoms with Crippen LogP contribution >= 0.6 is 0 Å². The molecule has 0 radical (unpaired) electrons. The second kappa shape index (κ2) is 5.48. The summed E-state index contributed by atoms with van der Waals surface area (Å²) >= 11 is 0. The molecule has 1 aliphatic heterocycles. The Morgan fingerprint density at radius 3 is 2.31 bits per heavy atom. The highest BCUT2D eigenvalue weighted by molar-refractivity contribution is 4.87. The van der Waals surface area contributed by atoms with Gasteiger partial charge in [-0.15, -0.1) is 0 Å². The Hall–Kier alpha value is -0.120. The SMILES string of the molecule is CC(N)C1CCN(C2CCCCC2O)CC1. The molecule has 2 fully saturated rings. The van der Waals surface area contributed by atoms with Crippen molar-refractivity contribution in [2.75, 3.05) is 13.1 Å². The number of rotatable bonds is 2. The highest BCUT2D eigenvalue weighted by Crippen LogP contribution is 2.28. The summed E-state index contributed by atoms with van der Waals surface area (Å²) < 4.78 is 0. The minimum atomic E-state index is -0.0828. The molecule has 3 nitrogen and oxygen atoms in total. The number of piperidine rings is 1. The molecule has 3 unspecified atom stereocenters. The van der Waals surface area contributed by atoms with Crippen LogP contribution in [0.5, 0.6) is 0 Å². The van der Waals surface area contributed by atoms with Crippen molar-refractivity contribution in [2.24, 2.45) is 11.7 Å². The Bertz CT molecular complexity index is 212. The monoisotopic (exact) mass is 226 g/mol. The first-order valence-corrected chi connectivity index (χ1v) is 6.86. The van der Waals surface area contributed by atoms with Gasteiger partial charge in [-0.3, -0.25) is 4.90 Å². The average Bonchev–Trinajstić information content (AvgIpc) is 2.30. The van der Waals surface area contributed by atoms with E-state index < -0.39 is 0 Å². The van der Waals surface area contributed by atoms with Gasteiger partial charge in [-0.2, -0.15) is 0 Å². The third kappa shape index (κ3) is 2.76. The fourth-order valence-electron chi connectivity index (χ4n) is 3.29. The fraction of sp³-hybridized carbons (Fsp3) is 1.00. The lowest BCUT2D eigenvalue weighted by Gasteiger charge is -2.42. The summed E-state index contributed by atoms with van der Waals surface area (Å²) in [4.78, 5) is 2.50. The molecule has 2 aliphatic rings. The lowest BCUT2D eigenvalue weighted by atomic mass is 9.86. The van der Waals surface area contributed by atoms with E-state index in [-0.39, 0.29) is 6.10 Å². The van der Waals surface area contributed by atoms with Crippen molar-refractivity contribution in [3.63, 3.8) is 0 Å². The lowest BCUT2D eigenvalue weighted by Crippen LogP contribution is -2.50. The van der Waals surface area contributed by atoms with Gasteiger partial charge in [0, 0.05) is 12.1 Å². The van der Waals surface area contributed by atoms with Crippen molar-refractivity contribution in [2.45, 2.75) is 63.6 Å². The van der Waals surface area contributed by atoms with E-state index >= 15 is 0 Å². The standard InChI is InChI=1S/C13H26N2O/c1-10(14)11-6-8-15(9-7-11)12-4-2-3-5-13(12)16/h10-13,16H,2-9,14H2,1H3. The van der Waals surface area contributed by atoms with Crippen molar-refractivity contribution in [1.29, 1.82) is 0 Å². The van der Waals surface area contributed by atoms with Crippen LogP contribution in [-0.2, 0) is 0 Å². The predicted molar refractivity (Wildman–Crippen MR) is 66.2 cm³/mol. The molecule has 1 saturated carbocycles. The minimum absolute atomic E-state index is 0.0828. The van der Waals surface area contributed by atoms with Gasteiger partial charge in [0.2, 0.25) is 0 Å². The van der Waals surface area contributed by atoms with Gasteiger partial charge in [-0.25, -0.2) is 0 Å². The molecule has 0 amide bonds. The average molecular weight is 226 g/mol. The van der Waals surface area contributed by atoms with E-state index in [9.17, 15) is 5.11 Å². The Morgan fingerprint density at radius 2 is 1.75 bits per heavy atom. The number of nitrogens with two attached hydrogens (primary N) is 1. The van der Waals surface area contributed by atoms with Gasteiger partial charge in [0.25, 0.3) is 0 Å². The third-order valence-electron chi connectivity index (χ3n) is 4.48. The van der Waals surface area contributed by atoms with Crippen LogP contribution in [0, 0.1) is 5.92 Å². The molecule has 1 heterocycles.